The lowest BCUT2D eigenvalue weighted by atomic mass is 9.81. The van der Waals surface area contributed by atoms with Gasteiger partial charge in [-0.1, -0.05) is 31.4 Å². The maximum Gasteiger partial charge on any atom is 0.235 e. The molecule has 0 saturated heterocycles. The van der Waals surface area contributed by atoms with Crippen molar-refractivity contribution in [2.45, 2.75) is 38.1 Å². The van der Waals surface area contributed by atoms with E-state index in [-0.39, 0.29) is 11.8 Å². The Morgan fingerprint density at radius 1 is 1.18 bits per heavy atom. The van der Waals surface area contributed by atoms with E-state index in [0.29, 0.717) is 5.92 Å². The molecule has 3 heteroatoms. The SMILES string of the molecule is O=C=NC(c1ccc(O)cc1)C1CCCCC1. The summed E-state index contributed by atoms with van der Waals surface area (Å²) >= 11 is 0. The van der Waals surface area contributed by atoms with Crippen molar-refractivity contribution in [1.82, 2.24) is 0 Å². The lowest BCUT2D eigenvalue weighted by Crippen LogP contribution is -2.14. The van der Waals surface area contributed by atoms with E-state index in [1.54, 1.807) is 18.2 Å². The average Bonchev–Trinajstić information content (AvgIpc) is 2.38. The largest absolute Gasteiger partial charge is 0.508 e. The molecule has 0 aliphatic heterocycles. The standard InChI is InChI=1S/C14H17NO2/c16-10-15-14(11-4-2-1-3-5-11)12-6-8-13(17)9-7-12/h6-9,11,14,17H,1-5H2. The van der Waals surface area contributed by atoms with Crippen molar-refractivity contribution in [1.29, 1.82) is 0 Å². The molecule has 1 aromatic carbocycles. The van der Waals surface area contributed by atoms with Crippen molar-refractivity contribution in [3.05, 3.63) is 29.8 Å². The Bertz CT molecular complexity index is 401. The molecule has 0 amide bonds. The quantitative estimate of drug-likeness (QED) is 0.640. The zero-order valence-electron chi connectivity index (χ0n) is 9.80. The molecule has 2 rings (SSSR count). The summed E-state index contributed by atoms with van der Waals surface area (Å²) < 4.78 is 0. The molecule has 1 aromatic rings. The van der Waals surface area contributed by atoms with E-state index in [9.17, 15) is 9.90 Å². The molecule has 0 aromatic heterocycles. The van der Waals surface area contributed by atoms with Gasteiger partial charge in [-0.2, -0.15) is 4.99 Å². The number of hydrogen-bond acceptors (Lipinski definition) is 3. The summed E-state index contributed by atoms with van der Waals surface area (Å²) in [6.45, 7) is 0. The van der Waals surface area contributed by atoms with Gasteiger partial charge >= 0.3 is 0 Å². The predicted molar refractivity (Wildman–Crippen MR) is 65.5 cm³/mol. The van der Waals surface area contributed by atoms with Crippen LogP contribution in [0.4, 0.5) is 0 Å². The molecule has 0 bridgehead atoms. The topological polar surface area (TPSA) is 49.7 Å². The lowest BCUT2D eigenvalue weighted by molar-refractivity contribution is 0.309. The van der Waals surface area contributed by atoms with E-state index in [4.69, 9.17) is 0 Å². The number of nitrogens with zero attached hydrogens (tertiary/aromatic N) is 1. The average molecular weight is 231 g/mol. The molecular formula is C14H17NO2. The van der Waals surface area contributed by atoms with Gasteiger partial charge in [0.1, 0.15) is 5.75 Å². The highest BCUT2D eigenvalue weighted by Gasteiger charge is 2.24. The fourth-order valence-corrected chi connectivity index (χ4v) is 2.63. The molecule has 90 valence electrons. The second-order valence-corrected chi connectivity index (χ2v) is 4.65. The number of benzene rings is 1. The Morgan fingerprint density at radius 3 is 2.41 bits per heavy atom. The molecule has 1 N–H and O–H groups in total. The number of isocyanates is 1. The van der Waals surface area contributed by atoms with Gasteiger partial charge in [-0.3, -0.25) is 0 Å². The summed E-state index contributed by atoms with van der Waals surface area (Å²) in [5.41, 5.74) is 0.998. The number of phenolic OH excluding ortho intramolecular Hbond substituents is 1. The third-order valence-corrected chi connectivity index (χ3v) is 3.52. The van der Waals surface area contributed by atoms with Crippen LogP contribution in [0.2, 0.25) is 0 Å². The minimum atomic E-state index is -0.0894. The fraction of sp³-hybridized carbons (Fsp3) is 0.500. The van der Waals surface area contributed by atoms with Crippen molar-refractivity contribution in [3.8, 4) is 5.75 Å². The number of rotatable bonds is 3. The summed E-state index contributed by atoms with van der Waals surface area (Å²) in [7, 11) is 0. The zero-order valence-corrected chi connectivity index (χ0v) is 9.80. The summed E-state index contributed by atoms with van der Waals surface area (Å²) in [5, 5.41) is 9.27. The Morgan fingerprint density at radius 2 is 1.82 bits per heavy atom. The summed E-state index contributed by atoms with van der Waals surface area (Å²) in [6, 6.07) is 6.88. The van der Waals surface area contributed by atoms with E-state index in [0.717, 1.165) is 18.4 Å². The highest BCUT2D eigenvalue weighted by molar-refractivity contribution is 5.37. The van der Waals surface area contributed by atoms with Crippen LogP contribution in [-0.2, 0) is 4.79 Å². The molecule has 17 heavy (non-hydrogen) atoms. The van der Waals surface area contributed by atoms with Crippen molar-refractivity contribution >= 4 is 6.08 Å². The van der Waals surface area contributed by atoms with E-state index in [1.165, 1.54) is 19.3 Å². The van der Waals surface area contributed by atoms with Gasteiger partial charge in [0.15, 0.2) is 0 Å². The first-order valence-corrected chi connectivity index (χ1v) is 6.17. The van der Waals surface area contributed by atoms with E-state index >= 15 is 0 Å². The minimum absolute atomic E-state index is 0.0894. The molecule has 1 unspecified atom stereocenters. The molecule has 0 spiro atoms. The van der Waals surface area contributed by atoms with Crippen LogP contribution in [0.25, 0.3) is 0 Å². The van der Waals surface area contributed by atoms with Crippen molar-refractivity contribution in [3.63, 3.8) is 0 Å². The van der Waals surface area contributed by atoms with Crippen molar-refractivity contribution in [2.24, 2.45) is 10.9 Å². The maximum absolute atomic E-state index is 10.6. The van der Waals surface area contributed by atoms with Gasteiger partial charge in [-0.05, 0) is 36.5 Å². The molecule has 1 aliphatic carbocycles. The number of phenols is 1. The van der Waals surface area contributed by atoms with Gasteiger partial charge in [0, 0.05) is 0 Å². The fourth-order valence-electron chi connectivity index (χ4n) is 2.63. The smallest absolute Gasteiger partial charge is 0.235 e. The minimum Gasteiger partial charge on any atom is -0.508 e. The van der Waals surface area contributed by atoms with E-state index in [2.05, 4.69) is 4.99 Å². The van der Waals surface area contributed by atoms with Crippen LogP contribution in [0.5, 0.6) is 5.75 Å². The van der Waals surface area contributed by atoms with Gasteiger partial charge in [0.25, 0.3) is 0 Å². The summed E-state index contributed by atoms with van der Waals surface area (Å²) in [4.78, 5) is 14.5. The number of aliphatic imine (C=N–C) groups is 1. The first kappa shape index (κ1) is 11.9. The van der Waals surface area contributed by atoms with Gasteiger partial charge in [-0.15, -0.1) is 0 Å². The Kier molecular flexibility index (Phi) is 3.94. The third-order valence-electron chi connectivity index (χ3n) is 3.52. The van der Waals surface area contributed by atoms with Crippen LogP contribution in [0.1, 0.15) is 43.7 Å². The second kappa shape index (κ2) is 5.65. The van der Waals surface area contributed by atoms with Crippen LogP contribution in [-0.4, -0.2) is 11.2 Å². The van der Waals surface area contributed by atoms with Crippen LogP contribution >= 0.6 is 0 Å². The lowest BCUT2D eigenvalue weighted by Gasteiger charge is -2.26. The van der Waals surface area contributed by atoms with Gasteiger partial charge in [0.2, 0.25) is 6.08 Å². The van der Waals surface area contributed by atoms with Crippen LogP contribution in [0.15, 0.2) is 29.3 Å². The number of hydrogen-bond donors (Lipinski definition) is 1. The first-order chi connectivity index (χ1) is 8.31. The molecule has 1 saturated carbocycles. The van der Waals surface area contributed by atoms with Crippen molar-refractivity contribution in [2.75, 3.05) is 0 Å². The monoisotopic (exact) mass is 231 g/mol. The second-order valence-electron chi connectivity index (χ2n) is 4.65. The molecular weight excluding hydrogens is 214 g/mol. The Balaban J connectivity index is 2.21. The first-order valence-electron chi connectivity index (χ1n) is 6.17. The third kappa shape index (κ3) is 2.95. The molecule has 3 nitrogen and oxygen atoms in total. The Labute approximate surface area is 101 Å². The van der Waals surface area contributed by atoms with Gasteiger partial charge in [0.05, 0.1) is 6.04 Å². The van der Waals surface area contributed by atoms with Crippen LogP contribution < -0.4 is 0 Å². The molecule has 0 radical (unpaired) electrons. The predicted octanol–water partition coefficient (Wildman–Crippen LogP) is 3.35. The number of carbonyl (C=O) groups excluding carboxylic acids is 1. The number of aromatic hydroxyl groups is 1. The summed E-state index contributed by atoms with van der Waals surface area (Å²) in [5.74, 6) is 0.681. The van der Waals surface area contributed by atoms with Crippen LogP contribution in [0.3, 0.4) is 0 Å². The summed E-state index contributed by atoms with van der Waals surface area (Å²) in [6.07, 6.45) is 7.65. The molecule has 1 atom stereocenters. The molecule has 1 fully saturated rings. The van der Waals surface area contributed by atoms with Gasteiger partial charge < -0.3 is 5.11 Å². The highest BCUT2D eigenvalue weighted by Crippen LogP contribution is 2.37. The highest BCUT2D eigenvalue weighted by atomic mass is 16.3. The van der Waals surface area contributed by atoms with E-state index < -0.39 is 0 Å². The van der Waals surface area contributed by atoms with Crippen LogP contribution in [0, 0.1) is 5.92 Å². The maximum atomic E-state index is 10.6. The Hall–Kier alpha value is -1.60. The molecule has 1 aliphatic rings. The van der Waals surface area contributed by atoms with E-state index in [1.807, 2.05) is 12.1 Å². The van der Waals surface area contributed by atoms with Crippen molar-refractivity contribution < 1.29 is 9.90 Å². The normalized spacial score (nSPS) is 18.4. The molecule has 0 heterocycles. The van der Waals surface area contributed by atoms with Gasteiger partial charge in [-0.25, -0.2) is 4.79 Å². The zero-order chi connectivity index (χ0) is 12.1.